The van der Waals surface area contributed by atoms with Crippen LogP contribution in [-0.4, -0.2) is 14.5 Å². The van der Waals surface area contributed by atoms with Crippen LogP contribution < -0.4 is 0 Å². The first-order valence-electron chi connectivity index (χ1n) is 18.7. The maximum absolute atomic E-state index is 5.39. The number of benzene rings is 9. The van der Waals surface area contributed by atoms with Gasteiger partial charge in [0.25, 0.3) is 0 Å². The minimum absolute atomic E-state index is 0.696. The van der Waals surface area contributed by atoms with E-state index < -0.39 is 0 Å². The Morgan fingerprint density at radius 1 is 0.327 bits per heavy atom. The molecule has 0 unspecified atom stereocenters. The Balaban J connectivity index is 1.12. The summed E-state index contributed by atoms with van der Waals surface area (Å²) in [4.78, 5) is 10.7. The largest absolute Gasteiger partial charge is 0.309 e. The lowest BCUT2D eigenvalue weighted by Crippen LogP contribution is -1.98. The first-order valence-corrected chi connectivity index (χ1v) is 18.7. The third kappa shape index (κ3) is 5.28. The van der Waals surface area contributed by atoms with Crippen molar-refractivity contribution >= 4 is 54.3 Å². The molecule has 11 rings (SSSR count). The highest BCUT2D eigenvalue weighted by atomic mass is 15.0. The smallest absolute Gasteiger partial charge is 0.160 e. The molecule has 0 aliphatic heterocycles. The second-order valence-electron chi connectivity index (χ2n) is 14.2. The SMILES string of the molecule is c1ccc(-c2cc3nc(-c4ccc(-n5c6ccccc6c6cc7ccccc7cc65)cc4)nc(-c4ccc5ccccc5c4)c3cc2-c2ccccc2)cc1. The van der Waals surface area contributed by atoms with Gasteiger partial charge in [0.1, 0.15) is 0 Å². The zero-order valence-electron chi connectivity index (χ0n) is 29.9. The van der Waals surface area contributed by atoms with E-state index in [0.29, 0.717) is 5.82 Å². The van der Waals surface area contributed by atoms with E-state index in [-0.39, 0.29) is 0 Å². The molecule has 0 bridgehead atoms. The standard InChI is InChI=1S/C52H33N3/c1-3-14-35(15-4-1)44-32-47-48(33-45(44)36-16-5-2-6-17-36)53-52(54-51(47)41-24-23-34-13-7-8-18-38(34)29-41)37-25-27-42(28-26-37)55-49-22-12-11-21-43(49)46-30-39-19-9-10-20-40(39)31-50(46)55/h1-33H. The molecule has 0 saturated carbocycles. The molecule has 0 radical (unpaired) electrons. The Hall–Kier alpha value is -7.36. The van der Waals surface area contributed by atoms with Crippen molar-refractivity contribution in [2.75, 3.05) is 0 Å². The summed E-state index contributed by atoms with van der Waals surface area (Å²) >= 11 is 0. The molecule has 0 N–H and O–H groups in total. The predicted octanol–water partition coefficient (Wildman–Crippen LogP) is 13.7. The van der Waals surface area contributed by atoms with Crippen molar-refractivity contribution in [1.29, 1.82) is 0 Å². The van der Waals surface area contributed by atoms with Crippen molar-refractivity contribution in [1.82, 2.24) is 14.5 Å². The van der Waals surface area contributed by atoms with Crippen molar-refractivity contribution < 1.29 is 0 Å². The highest BCUT2D eigenvalue weighted by Gasteiger charge is 2.18. The maximum atomic E-state index is 5.39. The molecule has 0 amide bonds. The molecule has 256 valence electrons. The molecule has 2 heterocycles. The van der Waals surface area contributed by atoms with Crippen LogP contribution in [0.4, 0.5) is 0 Å². The van der Waals surface area contributed by atoms with E-state index in [4.69, 9.17) is 9.97 Å². The third-order valence-electron chi connectivity index (χ3n) is 11.0. The molecule has 3 heteroatoms. The first kappa shape index (κ1) is 31.2. The summed E-state index contributed by atoms with van der Waals surface area (Å²) in [6, 6.07) is 71.6. The van der Waals surface area contributed by atoms with Crippen LogP contribution in [0.15, 0.2) is 200 Å². The van der Waals surface area contributed by atoms with Gasteiger partial charge >= 0.3 is 0 Å². The normalized spacial score (nSPS) is 11.6. The van der Waals surface area contributed by atoms with Crippen LogP contribution in [0, 0.1) is 0 Å². The number of hydrogen-bond acceptors (Lipinski definition) is 2. The maximum Gasteiger partial charge on any atom is 0.160 e. The van der Waals surface area contributed by atoms with E-state index in [1.807, 2.05) is 0 Å². The van der Waals surface area contributed by atoms with Gasteiger partial charge in [0.15, 0.2) is 5.82 Å². The molecule has 11 aromatic rings. The van der Waals surface area contributed by atoms with Gasteiger partial charge in [0.05, 0.1) is 22.2 Å². The van der Waals surface area contributed by atoms with E-state index in [1.54, 1.807) is 0 Å². The highest BCUT2D eigenvalue weighted by molar-refractivity contribution is 6.13. The fourth-order valence-corrected chi connectivity index (χ4v) is 8.27. The minimum atomic E-state index is 0.696. The van der Waals surface area contributed by atoms with Crippen molar-refractivity contribution in [2.24, 2.45) is 0 Å². The van der Waals surface area contributed by atoms with E-state index in [1.165, 1.54) is 43.4 Å². The Kier molecular flexibility index (Phi) is 7.17. The zero-order chi connectivity index (χ0) is 36.3. The van der Waals surface area contributed by atoms with Gasteiger partial charge in [-0.15, -0.1) is 0 Å². The van der Waals surface area contributed by atoms with Gasteiger partial charge in [0, 0.05) is 33.0 Å². The molecule has 2 aromatic heterocycles. The number of hydrogen-bond donors (Lipinski definition) is 0. The van der Waals surface area contributed by atoms with Crippen molar-refractivity contribution in [2.45, 2.75) is 0 Å². The van der Waals surface area contributed by atoms with Gasteiger partial charge in [-0.1, -0.05) is 140 Å². The summed E-state index contributed by atoms with van der Waals surface area (Å²) in [6.45, 7) is 0. The predicted molar refractivity (Wildman–Crippen MR) is 231 cm³/mol. The number of fused-ring (bicyclic) bond motifs is 6. The molecule has 0 saturated heterocycles. The summed E-state index contributed by atoms with van der Waals surface area (Å²) in [5, 5.41) is 8.37. The van der Waals surface area contributed by atoms with Crippen molar-refractivity contribution in [3.63, 3.8) is 0 Å². The topological polar surface area (TPSA) is 30.7 Å². The van der Waals surface area contributed by atoms with Crippen molar-refractivity contribution in [3.8, 4) is 50.6 Å². The molecule has 0 aliphatic rings. The van der Waals surface area contributed by atoms with Gasteiger partial charge in [-0.25, -0.2) is 9.97 Å². The lowest BCUT2D eigenvalue weighted by molar-refractivity contribution is 1.17. The number of para-hydroxylation sites is 1. The second kappa shape index (κ2) is 12.6. The quantitative estimate of drug-likeness (QED) is 0.179. The molecule has 0 fully saturated rings. The molecule has 0 spiro atoms. The van der Waals surface area contributed by atoms with Gasteiger partial charge in [-0.3, -0.25) is 0 Å². The van der Waals surface area contributed by atoms with Crippen LogP contribution in [0.3, 0.4) is 0 Å². The average molecular weight is 700 g/mol. The van der Waals surface area contributed by atoms with E-state index in [2.05, 4.69) is 205 Å². The van der Waals surface area contributed by atoms with E-state index in [0.717, 1.165) is 55.7 Å². The molecule has 0 aliphatic carbocycles. The second-order valence-corrected chi connectivity index (χ2v) is 14.2. The Labute approximate surface area is 318 Å². The van der Waals surface area contributed by atoms with Crippen LogP contribution in [0.1, 0.15) is 0 Å². The van der Waals surface area contributed by atoms with Crippen LogP contribution >= 0.6 is 0 Å². The fourth-order valence-electron chi connectivity index (χ4n) is 8.27. The van der Waals surface area contributed by atoms with Gasteiger partial charge in [0.2, 0.25) is 0 Å². The zero-order valence-corrected chi connectivity index (χ0v) is 29.9. The summed E-state index contributed by atoms with van der Waals surface area (Å²) in [7, 11) is 0. The van der Waals surface area contributed by atoms with Gasteiger partial charge < -0.3 is 4.57 Å². The summed E-state index contributed by atoms with van der Waals surface area (Å²) in [5.74, 6) is 0.696. The van der Waals surface area contributed by atoms with E-state index >= 15 is 0 Å². The molecule has 55 heavy (non-hydrogen) atoms. The highest BCUT2D eigenvalue weighted by Crippen LogP contribution is 2.40. The van der Waals surface area contributed by atoms with Crippen LogP contribution in [-0.2, 0) is 0 Å². The lowest BCUT2D eigenvalue weighted by atomic mass is 9.91. The monoisotopic (exact) mass is 699 g/mol. The Morgan fingerprint density at radius 2 is 0.909 bits per heavy atom. The minimum Gasteiger partial charge on any atom is -0.309 e. The van der Waals surface area contributed by atoms with Crippen LogP contribution in [0.2, 0.25) is 0 Å². The summed E-state index contributed by atoms with van der Waals surface area (Å²) in [5.41, 5.74) is 11.9. The van der Waals surface area contributed by atoms with Crippen molar-refractivity contribution in [3.05, 3.63) is 200 Å². The molecular weight excluding hydrogens is 667 g/mol. The fraction of sp³-hybridized carbons (Fsp3) is 0. The first-order chi connectivity index (χ1) is 27.2. The molecule has 9 aromatic carbocycles. The van der Waals surface area contributed by atoms with Gasteiger partial charge in [-0.05, 0) is 104 Å². The third-order valence-corrected chi connectivity index (χ3v) is 11.0. The van der Waals surface area contributed by atoms with Crippen LogP contribution in [0.5, 0.6) is 0 Å². The molecule has 3 nitrogen and oxygen atoms in total. The Bertz CT molecular complexity index is 3230. The molecular formula is C52H33N3. The average Bonchev–Trinajstić information content (AvgIpc) is 3.58. The number of rotatable bonds is 5. The molecule has 0 atom stereocenters. The number of aromatic nitrogens is 3. The van der Waals surface area contributed by atoms with Gasteiger partial charge in [-0.2, -0.15) is 0 Å². The lowest BCUT2D eigenvalue weighted by Gasteiger charge is -2.16. The van der Waals surface area contributed by atoms with Crippen LogP contribution in [0.25, 0.3) is 105 Å². The summed E-state index contributed by atoms with van der Waals surface area (Å²) < 4.78 is 2.37. The summed E-state index contributed by atoms with van der Waals surface area (Å²) in [6.07, 6.45) is 0. The van der Waals surface area contributed by atoms with E-state index in [9.17, 15) is 0 Å². The Morgan fingerprint density at radius 3 is 1.64 bits per heavy atom. The number of nitrogens with zero attached hydrogens (tertiary/aromatic N) is 3.